The summed E-state index contributed by atoms with van der Waals surface area (Å²) in [6, 6.07) is 7.59. The molecule has 0 saturated heterocycles. The second kappa shape index (κ2) is 5.80. The summed E-state index contributed by atoms with van der Waals surface area (Å²) in [5.74, 6) is 0.210. The summed E-state index contributed by atoms with van der Waals surface area (Å²) in [7, 11) is 0. The van der Waals surface area contributed by atoms with Crippen molar-refractivity contribution in [3.05, 3.63) is 59.7 Å². The molecule has 1 heterocycles. The molecule has 2 aromatic rings. The van der Waals surface area contributed by atoms with Crippen LogP contribution < -0.4 is 4.74 Å². The maximum atomic E-state index is 13.1. The normalized spacial score (nSPS) is 12.5. The number of pyridine rings is 1. The molecule has 0 amide bonds. The van der Waals surface area contributed by atoms with Crippen LogP contribution in [-0.2, 0) is 0 Å². The summed E-state index contributed by atoms with van der Waals surface area (Å²) in [6.45, 7) is 3.82. The summed E-state index contributed by atoms with van der Waals surface area (Å²) >= 11 is 0. The van der Waals surface area contributed by atoms with Gasteiger partial charge in [0.25, 0.3) is 0 Å². The number of rotatable bonds is 4. The van der Waals surface area contributed by atoms with Crippen molar-refractivity contribution in [3.63, 3.8) is 0 Å². The minimum atomic E-state index is -0.918. The van der Waals surface area contributed by atoms with E-state index in [9.17, 15) is 9.50 Å². The number of halogens is 1. The summed E-state index contributed by atoms with van der Waals surface area (Å²) in [4.78, 5) is 4.03. The van der Waals surface area contributed by atoms with E-state index in [1.165, 1.54) is 12.1 Å². The molecule has 1 unspecified atom stereocenters. The molecule has 2 rings (SSSR count). The lowest BCUT2D eigenvalue weighted by Crippen LogP contribution is -2.07. The number of hydrogen-bond acceptors (Lipinski definition) is 3. The molecule has 0 aliphatic carbocycles. The Hall–Kier alpha value is -1.94. The van der Waals surface area contributed by atoms with Gasteiger partial charge in [-0.3, -0.25) is 4.98 Å². The third-order valence-electron chi connectivity index (χ3n) is 2.59. The van der Waals surface area contributed by atoms with Gasteiger partial charge in [0.2, 0.25) is 0 Å². The fourth-order valence-corrected chi connectivity index (χ4v) is 1.79. The van der Waals surface area contributed by atoms with Gasteiger partial charge in [0.15, 0.2) is 0 Å². The van der Waals surface area contributed by atoms with Gasteiger partial charge >= 0.3 is 0 Å². The van der Waals surface area contributed by atoms with Crippen LogP contribution in [0.1, 0.15) is 31.1 Å². The Labute approximate surface area is 111 Å². The number of benzene rings is 1. The Balaban J connectivity index is 2.26. The third kappa shape index (κ3) is 3.51. The fourth-order valence-electron chi connectivity index (χ4n) is 1.79. The first-order chi connectivity index (χ1) is 9.06. The molecular formula is C15H16FNO2. The Morgan fingerprint density at radius 3 is 2.63 bits per heavy atom. The van der Waals surface area contributed by atoms with Crippen LogP contribution in [0, 0.1) is 5.82 Å². The standard InChI is InChI=1S/C15H16FNO2/c1-10(2)19-14-7-12(8-17-9-14)15(18)11-4-3-5-13(16)6-11/h3-10,15,18H,1-2H3. The van der Waals surface area contributed by atoms with E-state index in [1.807, 2.05) is 13.8 Å². The van der Waals surface area contributed by atoms with Crippen molar-refractivity contribution >= 4 is 0 Å². The van der Waals surface area contributed by atoms with Gasteiger partial charge in [0, 0.05) is 11.8 Å². The Kier molecular flexibility index (Phi) is 4.12. The maximum absolute atomic E-state index is 13.1. The average Bonchev–Trinajstić information content (AvgIpc) is 2.37. The molecule has 0 spiro atoms. The molecule has 0 radical (unpaired) electrons. The SMILES string of the molecule is CC(C)Oc1cncc(C(O)c2cccc(F)c2)c1. The van der Waals surface area contributed by atoms with Gasteiger partial charge in [-0.15, -0.1) is 0 Å². The lowest BCUT2D eigenvalue weighted by molar-refractivity contribution is 0.215. The number of ether oxygens (including phenoxy) is 1. The molecule has 19 heavy (non-hydrogen) atoms. The van der Waals surface area contributed by atoms with Crippen molar-refractivity contribution < 1.29 is 14.2 Å². The predicted octanol–water partition coefficient (Wildman–Crippen LogP) is 3.09. The smallest absolute Gasteiger partial charge is 0.138 e. The number of nitrogens with zero attached hydrogens (tertiary/aromatic N) is 1. The predicted molar refractivity (Wildman–Crippen MR) is 70.5 cm³/mol. The largest absolute Gasteiger partial charge is 0.489 e. The minimum Gasteiger partial charge on any atom is -0.489 e. The van der Waals surface area contributed by atoms with Crippen molar-refractivity contribution in [3.8, 4) is 5.75 Å². The van der Waals surface area contributed by atoms with E-state index in [2.05, 4.69) is 4.98 Å². The van der Waals surface area contributed by atoms with Gasteiger partial charge in [0.05, 0.1) is 12.3 Å². The zero-order valence-electron chi connectivity index (χ0n) is 10.9. The van der Waals surface area contributed by atoms with Gasteiger partial charge in [-0.1, -0.05) is 12.1 Å². The van der Waals surface area contributed by atoms with E-state index < -0.39 is 6.10 Å². The highest BCUT2D eigenvalue weighted by Crippen LogP contribution is 2.24. The number of aromatic nitrogens is 1. The molecule has 1 atom stereocenters. The van der Waals surface area contributed by atoms with Crippen LogP contribution in [0.2, 0.25) is 0 Å². The summed E-state index contributed by atoms with van der Waals surface area (Å²) in [5.41, 5.74) is 1.06. The number of aliphatic hydroxyl groups excluding tert-OH is 1. The van der Waals surface area contributed by atoms with Crippen LogP contribution in [0.3, 0.4) is 0 Å². The molecule has 0 fully saturated rings. The molecule has 0 aliphatic rings. The fraction of sp³-hybridized carbons (Fsp3) is 0.267. The Bertz CT molecular complexity index is 557. The molecule has 0 bridgehead atoms. The van der Waals surface area contributed by atoms with E-state index in [4.69, 9.17) is 4.74 Å². The monoisotopic (exact) mass is 261 g/mol. The summed E-state index contributed by atoms with van der Waals surface area (Å²) in [5, 5.41) is 10.2. The maximum Gasteiger partial charge on any atom is 0.138 e. The summed E-state index contributed by atoms with van der Waals surface area (Å²) < 4.78 is 18.7. The second-order valence-electron chi connectivity index (χ2n) is 4.58. The van der Waals surface area contributed by atoms with Gasteiger partial charge in [0.1, 0.15) is 17.7 Å². The Morgan fingerprint density at radius 1 is 1.16 bits per heavy atom. The molecule has 0 aliphatic heterocycles. The van der Waals surface area contributed by atoms with Crippen LogP contribution in [0.25, 0.3) is 0 Å². The van der Waals surface area contributed by atoms with E-state index in [0.717, 1.165) is 0 Å². The molecule has 0 saturated carbocycles. The topological polar surface area (TPSA) is 42.4 Å². The summed E-state index contributed by atoms with van der Waals surface area (Å²) in [6.07, 6.45) is 2.24. The van der Waals surface area contributed by atoms with Crippen molar-refractivity contribution in [2.24, 2.45) is 0 Å². The molecule has 3 nitrogen and oxygen atoms in total. The van der Waals surface area contributed by atoms with Crippen LogP contribution in [0.15, 0.2) is 42.7 Å². The van der Waals surface area contributed by atoms with Gasteiger partial charge < -0.3 is 9.84 Å². The highest BCUT2D eigenvalue weighted by atomic mass is 19.1. The molecule has 1 aromatic heterocycles. The zero-order valence-corrected chi connectivity index (χ0v) is 10.9. The number of hydrogen-bond donors (Lipinski definition) is 1. The van der Waals surface area contributed by atoms with Crippen molar-refractivity contribution in [2.75, 3.05) is 0 Å². The lowest BCUT2D eigenvalue weighted by Gasteiger charge is -2.14. The minimum absolute atomic E-state index is 0.0309. The average molecular weight is 261 g/mol. The van der Waals surface area contributed by atoms with Crippen molar-refractivity contribution in [2.45, 2.75) is 26.1 Å². The van der Waals surface area contributed by atoms with Crippen LogP contribution >= 0.6 is 0 Å². The molecule has 1 N–H and O–H groups in total. The van der Waals surface area contributed by atoms with E-state index in [0.29, 0.717) is 16.9 Å². The van der Waals surface area contributed by atoms with E-state index >= 15 is 0 Å². The second-order valence-corrected chi connectivity index (χ2v) is 4.58. The quantitative estimate of drug-likeness (QED) is 0.919. The zero-order chi connectivity index (χ0) is 13.8. The molecule has 100 valence electrons. The van der Waals surface area contributed by atoms with E-state index in [1.54, 1.807) is 30.6 Å². The van der Waals surface area contributed by atoms with E-state index in [-0.39, 0.29) is 11.9 Å². The number of aliphatic hydroxyl groups is 1. The van der Waals surface area contributed by atoms with Crippen LogP contribution in [-0.4, -0.2) is 16.2 Å². The highest BCUT2D eigenvalue weighted by molar-refractivity contribution is 5.32. The van der Waals surface area contributed by atoms with Crippen molar-refractivity contribution in [1.82, 2.24) is 4.98 Å². The first-order valence-electron chi connectivity index (χ1n) is 6.11. The highest BCUT2D eigenvalue weighted by Gasteiger charge is 2.12. The first kappa shape index (κ1) is 13.5. The van der Waals surface area contributed by atoms with Crippen molar-refractivity contribution in [1.29, 1.82) is 0 Å². The van der Waals surface area contributed by atoms with Gasteiger partial charge in [-0.05, 0) is 37.6 Å². The lowest BCUT2D eigenvalue weighted by atomic mass is 10.0. The van der Waals surface area contributed by atoms with Crippen LogP contribution in [0.5, 0.6) is 5.75 Å². The first-order valence-corrected chi connectivity index (χ1v) is 6.11. The molecule has 1 aromatic carbocycles. The molecular weight excluding hydrogens is 245 g/mol. The van der Waals surface area contributed by atoms with Gasteiger partial charge in [-0.25, -0.2) is 4.39 Å². The van der Waals surface area contributed by atoms with Gasteiger partial charge in [-0.2, -0.15) is 0 Å². The molecule has 4 heteroatoms. The van der Waals surface area contributed by atoms with Crippen LogP contribution in [0.4, 0.5) is 4.39 Å². The third-order valence-corrected chi connectivity index (χ3v) is 2.59. The Morgan fingerprint density at radius 2 is 1.95 bits per heavy atom.